The molecule has 0 aromatic heterocycles. The monoisotopic (exact) mass is 446 g/mol. The normalized spacial score (nSPS) is 16.4. The van der Waals surface area contributed by atoms with Crippen molar-refractivity contribution in [3.8, 4) is 5.75 Å². The van der Waals surface area contributed by atoms with Gasteiger partial charge in [-0.15, -0.1) is 24.0 Å². The van der Waals surface area contributed by atoms with Crippen LogP contribution in [0.3, 0.4) is 0 Å². The van der Waals surface area contributed by atoms with Crippen molar-refractivity contribution in [2.75, 3.05) is 46.9 Å². The Morgan fingerprint density at radius 2 is 1.88 bits per heavy atom. The van der Waals surface area contributed by atoms with Crippen LogP contribution in [0.1, 0.15) is 18.4 Å². The number of hydrogen-bond acceptors (Lipinski definition) is 3. The molecular formula is C18H31IN4O. The summed E-state index contributed by atoms with van der Waals surface area (Å²) in [7, 11) is 4.00. The standard InChI is InChI=1S/C18H30N4O.HI/c1-15-4-6-17(7-5-15)23-13-10-20-18(19-2)21-14-16-8-11-22(3)12-9-16;/h4-7,16H,8-14H2,1-3H3,(H2,19,20,21);1H. The summed E-state index contributed by atoms with van der Waals surface area (Å²) >= 11 is 0. The Kier molecular flexibility index (Phi) is 10.1. The number of rotatable bonds is 6. The van der Waals surface area contributed by atoms with Gasteiger partial charge in [0.05, 0.1) is 6.54 Å². The van der Waals surface area contributed by atoms with Crippen molar-refractivity contribution in [3.63, 3.8) is 0 Å². The number of piperidine rings is 1. The predicted molar refractivity (Wildman–Crippen MR) is 112 cm³/mol. The van der Waals surface area contributed by atoms with E-state index in [1.165, 1.54) is 31.5 Å². The molecule has 2 rings (SSSR count). The number of nitrogens with one attached hydrogen (secondary N) is 2. The van der Waals surface area contributed by atoms with E-state index in [9.17, 15) is 0 Å². The van der Waals surface area contributed by atoms with E-state index in [0.717, 1.165) is 30.7 Å². The zero-order valence-electron chi connectivity index (χ0n) is 15.0. The van der Waals surface area contributed by atoms with E-state index in [-0.39, 0.29) is 24.0 Å². The molecule has 0 spiro atoms. The Morgan fingerprint density at radius 3 is 2.50 bits per heavy atom. The molecule has 24 heavy (non-hydrogen) atoms. The number of halogens is 1. The molecule has 1 aliphatic heterocycles. The second-order valence-corrected chi connectivity index (χ2v) is 6.29. The maximum Gasteiger partial charge on any atom is 0.191 e. The van der Waals surface area contributed by atoms with Gasteiger partial charge < -0.3 is 20.3 Å². The highest BCUT2D eigenvalue weighted by atomic mass is 127. The Labute approximate surface area is 163 Å². The number of nitrogens with zero attached hydrogens (tertiary/aromatic N) is 2. The maximum absolute atomic E-state index is 5.71. The molecule has 1 heterocycles. The van der Waals surface area contributed by atoms with Gasteiger partial charge >= 0.3 is 0 Å². The summed E-state index contributed by atoms with van der Waals surface area (Å²) in [5.41, 5.74) is 1.24. The van der Waals surface area contributed by atoms with Gasteiger partial charge in [0.2, 0.25) is 0 Å². The molecule has 0 atom stereocenters. The molecule has 0 radical (unpaired) electrons. The van der Waals surface area contributed by atoms with Crippen LogP contribution in [0.4, 0.5) is 0 Å². The lowest BCUT2D eigenvalue weighted by Gasteiger charge is -2.29. The highest BCUT2D eigenvalue weighted by molar-refractivity contribution is 14.0. The van der Waals surface area contributed by atoms with Crippen LogP contribution < -0.4 is 15.4 Å². The van der Waals surface area contributed by atoms with E-state index < -0.39 is 0 Å². The van der Waals surface area contributed by atoms with Crippen LogP contribution in [0.25, 0.3) is 0 Å². The maximum atomic E-state index is 5.71. The fourth-order valence-corrected chi connectivity index (χ4v) is 2.70. The topological polar surface area (TPSA) is 48.9 Å². The van der Waals surface area contributed by atoms with Crippen molar-refractivity contribution in [2.24, 2.45) is 10.9 Å². The summed E-state index contributed by atoms with van der Waals surface area (Å²) in [6.45, 7) is 6.82. The first-order valence-corrected chi connectivity index (χ1v) is 8.50. The van der Waals surface area contributed by atoms with E-state index >= 15 is 0 Å². The van der Waals surface area contributed by atoms with Crippen molar-refractivity contribution in [3.05, 3.63) is 29.8 Å². The Balaban J connectivity index is 0.00000288. The van der Waals surface area contributed by atoms with Crippen LogP contribution in [0, 0.1) is 12.8 Å². The van der Waals surface area contributed by atoms with Crippen molar-refractivity contribution >= 4 is 29.9 Å². The third kappa shape index (κ3) is 7.70. The molecule has 0 bridgehead atoms. The quantitative estimate of drug-likeness (QED) is 0.305. The van der Waals surface area contributed by atoms with E-state index in [4.69, 9.17) is 4.74 Å². The largest absolute Gasteiger partial charge is 0.492 e. The highest BCUT2D eigenvalue weighted by Crippen LogP contribution is 2.14. The Bertz CT molecular complexity index is 484. The number of ether oxygens (including phenoxy) is 1. The van der Waals surface area contributed by atoms with Gasteiger partial charge in [-0.3, -0.25) is 4.99 Å². The van der Waals surface area contributed by atoms with Gasteiger partial charge in [0, 0.05) is 13.6 Å². The first-order valence-electron chi connectivity index (χ1n) is 8.50. The fraction of sp³-hybridized carbons (Fsp3) is 0.611. The van der Waals surface area contributed by atoms with E-state index in [1.807, 2.05) is 19.2 Å². The SMILES string of the molecule is CN=C(NCCOc1ccc(C)cc1)NCC1CCN(C)CC1.I. The van der Waals surface area contributed by atoms with E-state index in [1.54, 1.807) is 0 Å². The second kappa shape index (κ2) is 11.5. The summed E-state index contributed by atoms with van der Waals surface area (Å²) in [5.74, 6) is 2.51. The van der Waals surface area contributed by atoms with Gasteiger partial charge in [0.1, 0.15) is 12.4 Å². The zero-order chi connectivity index (χ0) is 16.5. The minimum Gasteiger partial charge on any atom is -0.492 e. The molecule has 1 aromatic rings. The van der Waals surface area contributed by atoms with Crippen molar-refractivity contribution in [1.29, 1.82) is 0 Å². The molecule has 1 aromatic carbocycles. The number of aliphatic imine (C=N–C) groups is 1. The summed E-state index contributed by atoms with van der Waals surface area (Å²) in [6.07, 6.45) is 2.52. The molecule has 0 amide bonds. The first kappa shape index (κ1) is 21.0. The number of guanidine groups is 1. The summed E-state index contributed by atoms with van der Waals surface area (Å²) in [5, 5.41) is 6.73. The third-order valence-corrected chi connectivity index (χ3v) is 4.30. The lowest BCUT2D eigenvalue weighted by atomic mass is 9.97. The zero-order valence-corrected chi connectivity index (χ0v) is 17.4. The molecule has 1 aliphatic rings. The lowest BCUT2D eigenvalue weighted by molar-refractivity contribution is 0.220. The van der Waals surface area contributed by atoms with Crippen LogP contribution in [0.2, 0.25) is 0 Å². The average Bonchev–Trinajstić information content (AvgIpc) is 2.57. The minimum atomic E-state index is 0. The van der Waals surface area contributed by atoms with Crippen molar-refractivity contribution < 1.29 is 4.74 Å². The van der Waals surface area contributed by atoms with Gasteiger partial charge in [0.25, 0.3) is 0 Å². The number of likely N-dealkylation sites (tertiary alicyclic amines) is 1. The van der Waals surface area contributed by atoms with Crippen molar-refractivity contribution in [1.82, 2.24) is 15.5 Å². The number of hydrogen-bond donors (Lipinski definition) is 2. The summed E-state index contributed by atoms with van der Waals surface area (Å²) < 4.78 is 5.71. The van der Waals surface area contributed by atoms with E-state index in [2.05, 4.69) is 46.6 Å². The molecule has 6 heteroatoms. The lowest BCUT2D eigenvalue weighted by Crippen LogP contribution is -2.43. The second-order valence-electron chi connectivity index (χ2n) is 6.29. The van der Waals surface area contributed by atoms with Gasteiger partial charge in [-0.1, -0.05) is 17.7 Å². The molecule has 0 unspecified atom stereocenters. The minimum absolute atomic E-state index is 0. The van der Waals surface area contributed by atoms with Gasteiger partial charge in [-0.2, -0.15) is 0 Å². The Morgan fingerprint density at radius 1 is 1.21 bits per heavy atom. The van der Waals surface area contributed by atoms with Crippen LogP contribution in [-0.4, -0.2) is 57.7 Å². The molecule has 1 saturated heterocycles. The van der Waals surface area contributed by atoms with Gasteiger partial charge in [-0.25, -0.2) is 0 Å². The third-order valence-electron chi connectivity index (χ3n) is 4.30. The molecule has 0 aliphatic carbocycles. The van der Waals surface area contributed by atoms with Crippen molar-refractivity contribution in [2.45, 2.75) is 19.8 Å². The van der Waals surface area contributed by atoms with Gasteiger partial charge in [-0.05, 0) is 58.0 Å². The molecule has 2 N–H and O–H groups in total. The van der Waals surface area contributed by atoms with E-state index in [0.29, 0.717) is 6.61 Å². The molecular weight excluding hydrogens is 415 g/mol. The fourth-order valence-electron chi connectivity index (χ4n) is 2.70. The number of benzene rings is 1. The molecule has 5 nitrogen and oxygen atoms in total. The summed E-state index contributed by atoms with van der Waals surface area (Å²) in [4.78, 5) is 6.67. The number of aryl methyl sites for hydroxylation is 1. The average molecular weight is 446 g/mol. The molecule has 0 saturated carbocycles. The van der Waals surface area contributed by atoms with Crippen LogP contribution in [0.15, 0.2) is 29.3 Å². The Hall–Kier alpha value is -1.02. The smallest absolute Gasteiger partial charge is 0.191 e. The molecule has 1 fully saturated rings. The summed E-state index contributed by atoms with van der Waals surface area (Å²) in [6, 6.07) is 8.13. The van der Waals surface area contributed by atoms with Gasteiger partial charge in [0.15, 0.2) is 5.96 Å². The highest BCUT2D eigenvalue weighted by Gasteiger charge is 2.16. The first-order chi connectivity index (χ1) is 11.2. The predicted octanol–water partition coefficient (Wildman–Crippen LogP) is 2.50. The van der Waals surface area contributed by atoms with Crippen LogP contribution in [0.5, 0.6) is 5.75 Å². The molecule has 136 valence electrons. The van der Waals surface area contributed by atoms with Crippen LogP contribution in [-0.2, 0) is 0 Å². The van der Waals surface area contributed by atoms with Crippen LogP contribution >= 0.6 is 24.0 Å².